The standard InChI is InChI=1S/C18H23N3O3/c22-18(20-8-2-11-23-13-17-3-1-12-24-17)15-4-6-16(7-5-15)21-10-9-19-14-21/h4-7,9-10,14,17H,1-3,8,11-13H2,(H,20,22). The molecule has 1 unspecified atom stereocenters. The first-order valence-corrected chi connectivity index (χ1v) is 8.39. The number of hydrogen-bond donors (Lipinski definition) is 1. The van der Waals surface area contributed by atoms with Crippen molar-refractivity contribution in [2.75, 3.05) is 26.4 Å². The smallest absolute Gasteiger partial charge is 0.251 e. The predicted molar refractivity (Wildman–Crippen MR) is 90.3 cm³/mol. The fraction of sp³-hybridized carbons (Fsp3) is 0.444. The van der Waals surface area contributed by atoms with Crippen molar-refractivity contribution in [1.29, 1.82) is 0 Å². The second-order valence-corrected chi connectivity index (χ2v) is 5.84. The Balaban J connectivity index is 1.34. The fourth-order valence-corrected chi connectivity index (χ4v) is 2.67. The van der Waals surface area contributed by atoms with Crippen molar-refractivity contribution in [3.05, 3.63) is 48.5 Å². The van der Waals surface area contributed by atoms with E-state index in [1.165, 1.54) is 0 Å². The Kier molecular flexibility index (Phi) is 5.98. The van der Waals surface area contributed by atoms with E-state index in [4.69, 9.17) is 9.47 Å². The van der Waals surface area contributed by atoms with Crippen molar-refractivity contribution in [2.24, 2.45) is 0 Å². The van der Waals surface area contributed by atoms with Crippen LogP contribution in [0.1, 0.15) is 29.6 Å². The summed E-state index contributed by atoms with van der Waals surface area (Å²) in [4.78, 5) is 16.1. The molecule has 1 aromatic heterocycles. The van der Waals surface area contributed by atoms with Gasteiger partial charge in [-0.25, -0.2) is 4.98 Å². The molecule has 2 heterocycles. The summed E-state index contributed by atoms with van der Waals surface area (Å²) in [5.74, 6) is -0.0636. The molecule has 0 saturated carbocycles. The Labute approximate surface area is 141 Å². The Morgan fingerprint density at radius 2 is 2.25 bits per heavy atom. The molecule has 1 aliphatic rings. The van der Waals surface area contributed by atoms with Gasteiger partial charge in [-0.1, -0.05) is 0 Å². The first-order valence-electron chi connectivity index (χ1n) is 8.39. The van der Waals surface area contributed by atoms with Crippen LogP contribution < -0.4 is 5.32 Å². The van der Waals surface area contributed by atoms with Gasteiger partial charge < -0.3 is 19.4 Å². The molecule has 0 bridgehead atoms. The van der Waals surface area contributed by atoms with Gasteiger partial charge in [-0.3, -0.25) is 4.79 Å². The third-order valence-electron chi connectivity index (χ3n) is 4.01. The number of imidazole rings is 1. The Morgan fingerprint density at radius 1 is 1.38 bits per heavy atom. The first kappa shape index (κ1) is 16.7. The number of hydrogen-bond acceptors (Lipinski definition) is 4. The van der Waals surface area contributed by atoms with Crippen LogP contribution in [0.4, 0.5) is 0 Å². The maximum absolute atomic E-state index is 12.1. The van der Waals surface area contributed by atoms with Crippen LogP contribution in [0.15, 0.2) is 43.0 Å². The van der Waals surface area contributed by atoms with Gasteiger partial charge in [-0.15, -0.1) is 0 Å². The van der Waals surface area contributed by atoms with E-state index in [1.54, 1.807) is 12.5 Å². The molecule has 3 rings (SSSR count). The minimum atomic E-state index is -0.0636. The lowest BCUT2D eigenvalue weighted by Crippen LogP contribution is -2.25. The van der Waals surface area contributed by atoms with Gasteiger partial charge >= 0.3 is 0 Å². The zero-order chi connectivity index (χ0) is 16.6. The lowest BCUT2D eigenvalue weighted by atomic mass is 10.2. The normalized spacial score (nSPS) is 17.1. The lowest BCUT2D eigenvalue weighted by Gasteiger charge is -2.10. The molecule has 1 atom stereocenters. The number of amides is 1. The lowest BCUT2D eigenvalue weighted by molar-refractivity contribution is 0.0166. The van der Waals surface area contributed by atoms with Crippen LogP contribution in [0.25, 0.3) is 5.69 Å². The van der Waals surface area contributed by atoms with E-state index >= 15 is 0 Å². The Hall–Kier alpha value is -2.18. The summed E-state index contributed by atoms with van der Waals surface area (Å²) in [7, 11) is 0. The van der Waals surface area contributed by atoms with Gasteiger partial charge in [-0.05, 0) is 43.5 Å². The predicted octanol–water partition coefficient (Wildman–Crippen LogP) is 2.19. The Bertz CT molecular complexity index is 619. The number of carbonyl (C=O) groups is 1. The van der Waals surface area contributed by atoms with E-state index in [9.17, 15) is 4.79 Å². The molecule has 0 aliphatic carbocycles. The quantitative estimate of drug-likeness (QED) is 0.754. The van der Waals surface area contributed by atoms with Gasteiger partial charge in [0.25, 0.3) is 5.91 Å². The molecule has 6 nitrogen and oxygen atoms in total. The topological polar surface area (TPSA) is 65.4 Å². The van der Waals surface area contributed by atoms with E-state index in [0.29, 0.717) is 25.3 Å². The minimum absolute atomic E-state index is 0.0636. The van der Waals surface area contributed by atoms with Crippen molar-refractivity contribution in [3.8, 4) is 5.69 Å². The molecular formula is C18H23N3O3. The number of benzene rings is 1. The summed E-state index contributed by atoms with van der Waals surface area (Å²) >= 11 is 0. The number of ether oxygens (including phenoxy) is 2. The molecule has 1 aromatic carbocycles. The molecule has 0 radical (unpaired) electrons. The fourth-order valence-electron chi connectivity index (χ4n) is 2.67. The molecule has 6 heteroatoms. The molecular weight excluding hydrogens is 306 g/mol. The SMILES string of the molecule is O=C(NCCCOCC1CCCO1)c1ccc(-n2ccnc2)cc1. The summed E-state index contributed by atoms with van der Waals surface area (Å²) in [6, 6.07) is 7.44. The number of rotatable bonds is 8. The van der Waals surface area contributed by atoms with Crippen LogP contribution in [-0.2, 0) is 9.47 Å². The number of nitrogens with zero attached hydrogens (tertiary/aromatic N) is 2. The van der Waals surface area contributed by atoms with E-state index in [-0.39, 0.29) is 12.0 Å². The zero-order valence-corrected chi connectivity index (χ0v) is 13.7. The van der Waals surface area contributed by atoms with Gasteiger partial charge in [0.2, 0.25) is 0 Å². The number of carbonyl (C=O) groups excluding carboxylic acids is 1. The Morgan fingerprint density at radius 3 is 2.96 bits per heavy atom. The second kappa shape index (κ2) is 8.61. The average Bonchev–Trinajstić information content (AvgIpc) is 3.31. The van der Waals surface area contributed by atoms with E-state index < -0.39 is 0 Å². The van der Waals surface area contributed by atoms with Crippen LogP contribution in [0.3, 0.4) is 0 Å². The summed E-state index contributed by atoms with van der Waals surface area (Å²) in [5.41, 5.74) is 1.63. The van der Waals surface area contributed by atoms with Gasteiger partial charge in [0.05, 0.1) is 19.0 Å². The summed E-state index contributed by atoms with van der Waals surface area (Å²) in [6.07, 6.45) is 8.59. The van der Waals surface area contributed by atoms with Gasteiger partial charge in [-0.2, -0.15) is 0 Å². The molecule has 2 aromatic rings. The third kappa shape index (κ3) is 4.66. The van der Waals surface area contributed by atoms with Crippen LogP contribution in [0, 0.1) is 0 Å². The second-order valence-electron chi connectivity index (χ2n) is 5.84. The van der Waals surface area contributed by atoms with Crippen LogP contribution >= 0.6 is 0 Å². The first-order chi connectivity index (χ1) is 11.8. The summed E-state index contributed by atoms with van der Waals surface area (Å²) in [6.45, 7) is 2.75. The molecule has 1 N–H and O–H groups in total. The molecule has 1 saturated heterocycles. The van der Waals surface area contributed by atoms with Gasteiger partial charge in [0.1, 0.15) is 0 Å². The van der Waals surface area contributed by atoms with Crippen LogP contribution in [0.5, 0.6) is 0 Å². The highest BCUT2D eigenvalue weighted by molar-refractivity contribution is 5.94. The summed E-state index contributed by atoms with van der Waals surface area (Å²) < 4.78 is 13.0. The molecule has 128 valence electrons. The third-order valence-corrected chi connectivity index (χ3v) is 4.01. The van der Waals surface area contributed by atoms with Crippen molar-refractivity contribution >= 4 is 5.91 Å². The van der Waals surface area contributed by atoms with E-state index in [0.717, 1.165) is 31.6 Å². The number of nitrogens with one attached hydrogen (secondary N) is 1. The van der Waals surface area contributed by atoms with Crippen molar-refractivity contribution in [2.45, 2.75) is 25.4 Å². The molecule has 0 spiro atoms. The monoisotopic (exact) mass is 329 g/mol. The zero-order valence-electron chi connectivity index (χ0n) is 13.7. The van der Waals surface area contributed by atoms with Crippen LogP contribution in [-0.4, -0.2) is 47.9 Å². The van der Waals surface area contributed by atoms with Gasteiger partial charge in [0.15, 0.2) is 0 Å². The van der Waals surface area contributed by atoms with Gasteiger partial charge in [0, 0.05) is 43.4 Å². The number of aromatic nitrogens is 2. The molecule has 24 heavy (non-hydrogen) atoms. The van der Waals surface area contributed by atoms with E-state index in [2.05, 4.69) is 10.3 Å². The average molecular weight is 329 g/mol. The van der Waals surface area contributed by atoms with Crippen LogP contribution in [0.2, 0.25) is 0 Å². The van der Waals surface area contributed by atoms with Crippen molar-refractivity contribution in [3.63, 3.8) is 0 Å². The van der Waals surface area contributed by atoms with Crippen molar-refractivity contribution in [1.82, 2.24) is 14.9 Å². The van der Waals surface area contributed by atoms with Crippen molar-refractivity contribution < 1.29 is 14.3 Å². The highest BCUT2D eigenvalue weighted by Crippen LogP contribution is 2.12. The highest BCUT2D eigenvalue weighted by atomic mass is 16.5. The highest BCUT2D eigenvalue weighted by Gasteiger charge is 2.14. The molecule has 1 fully saturated rings. The maximum Gasteiger partial charge on any atom is 0.251 e. The molecule has 1 amide bonds. The largest absolute Gasteiger partial charge is 0.379 e. The summed E-state index contributed by atoms with van der Waals surface area (Å²) in [5, 5.41) is 2.91. The maximum atomic E-state index is 12.1. The molecule has 1 aliphatic heterocycles. The van der Waals surface area contributed by atoms with E-state index in [1.807, 2.05) is 35.0 Å². The minimum Gasteiger partial charge on any atom is -0.379 e.